The van der Waals surface area contributed by atoms with E-state index in [2.05, 4.69) is 5.32 Å². The van der Waals surface area contributed by atoms with E-state index < -0.39 is 5.54 Å². The van der Waals surface area contributed by atoms with E-state index in [-0.39, 0.29) is 17.9 Å². The predicted octanol–water partition coefficient (Wildman–Crippen LogP) is 1.49. The second kappa shape index (κ2) is 3.98. The number of rotatable bonds is 2. The van der Waals surface area contributed by atoms with Crippen LogP contribution < -0.4 is 10.1 Å². The Kier molecular flexibility index (Phi) is 2.52. The minimum Gasteiger partial charge on any atom is -0.493 e. The summed E-state index contributed by atoms with van der Waals surface area (Å²) in [7, 11) is 0. The van der Waals surface area contributed by atoms with E-state index in [0.29, 0.717) is 13.2 Å². The normalized spacial score (nSPS) is 24.1. The largest absolute Gasteiger partial charge is 0.493 e. The first-order chi connectivity index (χ1) is 9.00. The van der Waals surface area contributed by atoms with Gasteiger partial charge in [0, 0.05) is 18.0 Å². The van der Waals surface area contributed by atoms with Crippen molar-refractivity contribution in [2.45, 2.75) is 25.3 Å². The molecule has 2 heterocycles. The van der Waals surface area contributed by atoms with Crippen molar-refractivity contribution in [2.75, 3.05) is 13.2 Å². The zero-order valence-corrected chi connectivity index (χ0v) is 11.0. The molecule has 1 aromatic rings. The van der Waals surface area contributed by atoms with E-state index in [1.54, 1.807) is 18.7 Å². The molecular weight excluding hydrogens is 244 g/mol. The van der Waals surface area contributed by atoms with E-state index in [1.807, 2.05) is 24.3 Å². The quantitative estimate of drug-likeness (QED) is 0.820. The van der Waals surface area contributed by atoms with Gasteiger partial charge < -0.3 is 9.64 Å². The number of hydrogen-bond donors (Lipinski definition) is 1. The van der Waals surface area contributed by atoms with Crippen molar-refractivity contribution in [2.24, 2.45) is 0 Å². The summed E-state index contributed by atoms with van der Waals surface area (Å²) in [5.41, 5.74) is 0.305. The Morgan fingerprint density at radius 3 is 2.79 bits per heavy atom. The predicted molar refractivity (Wildman–Crippen MR) is 69.0 cm³/mol. The monoisotopic (exact) mass is 260 g/mol. The minimum atomic E-state index is -0.797. The van der Waals surface area contributed by atoms with Gasteiger partial charge in [-0.15, -0.1) is 0 Å². The molecule has 1 saturated heterocycles. The van der Waals surface area contributed by atoms with Gasteiger partial charge in [-0.2, -0.15) is 0 Å². The third kappa shape index (κ3) is 1.77. The maximum atomic E-state index is 11.9. The van der Waals surface area contributed by atoms with Crippen LogP contribution in [0.15, 0.2) is 24.3 Å². The number of nitrogens with one attached hydrogen (secondary N) is 1. The van der Waals surface area contributed by atoms with Gasteiger partial charge in [-0.25, -0.2) is 4.79 Å². The molecule has 1 fully saturated rings. The Hall–Kier alpha value is -2.04. The Balaban J connectivity index is 1.84. The molecule has 5 heteroatoms. The molecule has 0 aromatic heterocycles. The van der Waals surface area contributed by atoms with Crippen LogP contribution in [0.4, 0.5) is 4.79 Å². The Morgan fingerprint density at radius 1 is 1.37 bits per heavy atom. The lowest BCUT2D eigenvalue weighted by Gasteiger charge is -2.29. The zero-order chi connectivity index (χ0) is 13.6. The molecule has 1 aromatic carbocycles. The van der Waals surface area contributed by atoms with Crippen LogP contribution in [-0.4, -0.2) is 35.5 Å². The van der Waals surface area contributed by atoms with Crippen molar-refractivity contribution in [3.05, 3.63) is 29.8 Å². The van der Waals surface area contributed by atoms with Gasteiger partial charge in [-0.1, -0.05) is 18.2 Å². The van der Waals surface area contributed by atoms with Crippen LogP contribution in [0.1, 0.15) is 25.3 Å². The number of imide groups is 1. The van der Waals surface area contributed by atoms with Gasteiger partial charge in [-0.05, 0) is 19.9 Å². The number of benzene rings is 1. The van der Waals surface area contributed by atoms with Crippen molar-refractivity contribution in [1.29, 1.82) is 0 Å². The van der Waals surface area contributed by atoms with Gasteiger partial charge >= 0.3 is 6.03 Å². The van der Waals surface area contributed by atoms with E-state index in [4.69, 9.17) is 4.74 Å². The van der Waals surface area contributed by atoms with Crippen molar-refractivity contribution in [3.8, 4) is 5.75 Å². The molecule has 3 rings (SSSR count). The highest BCUT2D eigenvalue weighted by Gasteiger charge is 2.46. The van der Waals surface area contributed by atoms with E-state index in [1.165, 1.54) is 0 Å². The standard InChI is InChI=1S/C14H16N2O3/c1-14(2)12(17)15-13(18)16(14)7-9-8-19-11-6-4-3-5-10(9)11/h3-6,9H,7-8H2,1-2H3,(H,15,17,18). The lowest BCUT2D eigenvalue weighted by molar-refractivity contribution is -0.125. The highest BCUT2D eigenvalue weighted by Crippen LogP contribution is 2.35. The van der Waals surface area contributed by atoms with Crippen molar-refractivity contribution < 1.29 is 14.3 Å². The summed E-state index contributed by atoms with van der Waals surface area (Å²) in [6, 6.07) is 7.50. The van der Waals surface area contributed by atoms with Gasteiger partial charge in [0.15, 0.2) is 0 Å². The molecule has 1 atom stereocenters. The summed E-state index contributed by atoms with van der Waals surface area (Å²) in [6.45, 7) is 4.55. The smallest absolute Gasteiger partial charge is 0.325 e. The summed E-state index contributed by atoms with van der Waals surface area (Å²) in [6.07, 6.45) is 0. The average molecular weight is 260 g/mol. The van der Waals surface area contributed by atoms with Crippen LogP contribution in [-0.2, 0) is 4.79 Å². The number of fused-ring (bicyclic) bond motifs is 1. The minimum absolute atomic E-state index is 0.118. The third-order valence-corrected chi connectivity index (χ3v) is 3.90. The number of nitrogens with zero attached hydrogens (tertiary/aromatic N) is 1. The molecule has 5 nitrogen and oxygen atoms in total. The molecule has 19 heavy (non-hydrogen) atoms. The molecule has 0 saturated carbocycles. The zero-order valence-electron chi connectivity index (χ0n) is 11.0. The van der Waals surface area contributed by atoms with E-state index in [0.717, 1.165) is 11.3 Å². The number of amides is 3. The van der Waals surface area contributed by atoms with Crippen LogP contribution in [0, 0.1) is 0 Å². The molecule has 1 N–H and O–H groups in total. The van der Waals surface area contributed by atoms with Crippen LogP contribution in [0.5, 0.6) is 5.75 Å². The summed E-state index contributed by atoms with van der Waals surface area (Å²) < 4.78 is 5.61. The maximum absolute atomic E-state index is 11.9. The number of urea groups is 1. The first-order valence-electron chi connectivity index (χ1n) is 6.35. The highest BCUT2D eigenvalue weighted by atomic mass is 16.5. The molecule has 0 radical (unpaired) electrons. The fourth-order valence-electron chi connectivity index (χ4n) is 2.61. The second-order valence-corrected chi connectivity index (χ2v) is 5.47. The van der Waals surface area contributed by atoms with Crippen LogP contribution in [0.3, 0.4) is 0 Å². The van der Waals surface area contributed by atoms with Crippen molar-refractivity contribution >= 4 is 11.9 Å². The van der Waals surface area contributed by atoms with E-state index in [9.17, 15) is 9.59 Å². The van der Waals surface area contributed by atoms with Gasteiger partial charge in [0.1, 0.15) is 11.3 Å². The maximum Gasteiger partial charge on any atom is 0.325 e. The van der Waals surface area contributed by atoms with Gasteiger partial charge in [0.05, 0.1) is 6.61 Å². The molecule has 0 bridgehead atoms. The molecular formula is C14H16N2O3. The van der Waals surface area contributed by atoms with Crippen LogP contribution >= 0.6 is 0 Å². The molecule has 100 valence electrons. The van der Waals surface area contributed by atoms with Crippen LogP contribution in [0.25, 0.3) is 0 Å². The molecule has 2 aliphatic rings. The Bertz CT molecular complexity index is 553. The third-order valence-electron chi connectivity index (χ3n) is 3.90. The first-order valence-corrected chi connectivity index (χ1v) is 6.35. The lowest BCUT2D eigenvalue weighted by atomic mass is 9.97. The Morgan fingerprint density at radius 2 is 2.11 bits per heavy atom. The fourth-order valence-corrected chi connectivity index (χ4v) is 2.61. The SMILES string of the molecule is CC1(C)C(=O)NC(=O)N1CC1COc2ccccc21. The Labute approximate surface area is 111 Å². The van der Waals surface area contributed by atoms with E-state index >= 15 is 0 Å². The lowest BCUT2D eigenvalue weighted by Crippen LogP contribution is -2.46. The molecule has 1 unspecified atom stereocenters. The van der Waals surface area contributed by atoms with Gasteiger partial charge in [0.2, 0.25) is 0 Å². The summed E-state index contributed by atoms with van der Waals surface area (Å²) in [4.78, 5) is 25.2. The fraction of sp³-hybridized carbons (Fsp3) is 0.429. The number of para-hydroxylation sites is 1. The molecule has 0 spiro atoms. The first kappa shape index (κ1) is 12.0. The van der Waals surface area contributed by atoms with Crippen LogP contribution in [0.2, 0.25) is 0 Å². The highest BCUT2D eigenvalue weighted by molar-refractivity contribution is 6.06. The topological polar surface area (TPSA) is 58.6 Å². The second-order valence-electron chi connectivity index (χ2n) is 5.47. The van der Waals surface area contributed by atoms with Gasteiger partial charge in [0.25, 0.3) is 5.91 Å². The van der Waals surface area contributed by atoms with Crippen molar-refractivity contribution in [3.63, 3.8) is 0 Å². The summed E-state index contributed by atoms with van der Waals surface area (Å²) in [5.74, 6) is 0.744. The number of carbonyl (C=O) groups excluding carboxylic acids is 2. The van der Waals surface area contributed by atoms with Gasteiger partial charge in [-0.3, -0.25) is 10.1 Å². The number of hydrogen-bond acceptors (Lipinski definition) is 3. The average Bonchev–Trinajstić information content (AvgIpc) is 2.85. The number of ether oxygens (including phenoxy) is 1. The van der Waals surface area contributed by atoms with Crippen molar-refractivity contribution in [1.82, 2.24) is 10.2 Å². The summed E-state index contributed by atoms with van der Waals surface area (Å²) in [5, 5.41) is 2.36. The number of carbonyl (C=O) groups is 2. The molecule has 2 aliphatic heterocycles. The molecule has 0 aliphatic carbocycles. The molecule has 3 amide bonds. The summed E-state index contributed by atoms with van der Waals surface area (Å²) >= 11 is 0.